The summed E-state index contributed by atoms with van der Waals surface area (Å²) in [5, 5.41) is 7.07. The number of hydrogen-bond donors (Lipinski definition) is 1. The number of carbonyl (C=O) groups excluding carboxylic acids is 3. The Kier molecular flexibility index (Phi) is 8.18. The van der Waals surface area contributed by atoms with Gasteiger partial charge in [0, 0.05) is 31.4 Å². The summed E-state index contributed by atoms with van der Waals surface area (Å²) in [6, 6.07) is 20.3. The Morgan fingerprint density at radius 3 is 2.44 bits per heavy atom. The molecule has 3 aromatic rings. The van der Waals surface area contributed by atoms with Gasteiger partial charge in [-0.2, -0.15) is 0 Å². The van der Waals surface area contributed by atoms with Crippen LogP contribution in [-0.2, 0) is 20.8 Å². The number of carbonyl (C=O) groups is 3. The molecule has 3 aliphatic heterocycles. The van der Waals surface area contributed by atoms with E-state index in [0.29, 0.717) is 17.6 Å². The van der Waals surface area contributed by atoms with Crippen LogP contribution in [0.2, 0.25) is 0 Å². The highest BCUT2D eigenvalue weighted by Crippen LogP contribution is 2.36. The topological polar surface area (TPSA) is 108 Å². The predicted octanol–water partition coefficient (Wildman–Crippen LogP) is 3.72. The molecule has 0 unspecified atom stereocenters. The zero-order chi connectivity index (χ0) is 27.2. The largest absolute Gasteiger partial charge is 0.461 e. The van der Waals surface area contributed by atoms with Crippen LogP contribution in [0.15, 0.2) is 71.3 Å². The normalized spacial score (nSPS) is 22.7. The Morgan fingerprint density at radius 2 is 1.74 bits per heavy atom. The van der Waals surface area contributed by atoms with Gasteiger partial charge in [-0.1, -0.05) is 65.8 Å². The summed E-state index contributed by atoms with van der Waals surface area (Å²) in [6.45, 7) is 4.88. The van der Waals surface area contributed by atoms with Crippen molar-refractivity contribution in [3.63, 3.8) is 0 Å². The SMILES string of the molecule is CCOC(=O)c1cc(C(=O)C[N+]23CCC(CC2)[C@@H](OC(=O)[C@H](NCc2ccccc2)c2ccccc2)C3)on1. The van der Waals surface area contributed by atoms with E-state index in [4.69, 9.17) is 14.0 Å². The molecule has 6 rings (SSSR count). The number of Topliss-reactive ketones (excluding diaryl/α,β-unsaturated/α-hetero) is 1. The Bertz CT molecular complexity index is 1280. The third-order valence-electron chi connectivity index (χ3n) is 7.78. The van der Waals surface area contributed by atoms with E-state index in [0.717, 1.165) is 37.1 Å². The molecular formula is C30H34N3O6+. The second-order valence-corrected chi connectivity index (χ2v) is 10.4. The minimum atomic E-state index is -0.619. The van der Waals surface area contributed by atoms with E-state index in [2.05, 4.69) is 10.5 Å². The highest BCUT2D eigenvalue weighted by Gasteiger charge is 2.49. The molecule has 2 aromatic carbocycles. The highest BCUT2D eigenvalue weighted by molar-refractivity contribution is 5.97. The summed E-state index contributed by atoms with van der Waals surface area (Å²) in [5.41, 5.74) is 1.91. The van der Waals surface area contributed by atoms with Crippen LogP contribution in [0.4, 0.5) is 0 Å². The third-order valence-corrected chi connectivity index (χ3v) is 7.78. The number of benzene rings is 2. The minimum absolute atomic E-state index is 0.0145. The fourth-order valence-electron chi connectivity index (χ4n) is 5.68. The summed E-state index contributed by atoms with van der Waals surface area (Å²) in [5.74, 6) is -0.840. The van der Waals surface area contributed by atoms with Gasteiger partial charge in [0.2, 0.25) is 5.76 Å². The summed E-state index contributed by atoms with van der Waals surface area (Å²) in [4.78, 5) is 38.6. The molecule has 0 aliphatic carbocycles. The van der Waals surface area contributed by atoms with Crippen LogP contribution < -0.4 is 5.32 Å². The van der Waals surface area contributed by atoms with Crippen molar-refractivity contribution in [1.29, 1.82) is 0 Å². The van der Waals surface area contributed by atoms with E-state index in [1.165, 1.54) is 6.07 Å². The van der Waals surface area contributed by atoms with E-state index in [9.17, 15) is 14.4 Å². The maximum absolute atomic E-state index is 13.6. The molecule has 4 heterocycles. The molecule has 9 nitrogen and oxygen atoms in total. The first-order valence-electron chi connectivity index (χ1n) is 13.5. The number of hydrogen-bond acceptors (Lipinski definition) is 8. The number of rotatable bonds is 11. The highest BCUT2D eigenvalue weighted by atomic mass is 16.5. The van der Waals surface area contributed by atoms with Crippen LogP contribution in [0, 0.1) is 5.92 Å². The van der Waals surface area contributed by atoms with Gasteiger partial charge in [0.15, 0.2) is 11.8 Å². The number of esters is 2. The number of fused-ring (bicyclic) bond motifs is 3. The molecule has 0 radical (unpaired) electrons. The first kappa shape index (κ1) is 26.8. The number of quaternary nitrogens is 1. The molecule has 1 aromatic heterocycles. The van der Waals surface area contributed by atoms with Crippen molar-refractivity contribution in [2.45, 2.75) is 38.5 Å². The van der Waals surface area contributed by atoms with E-state index < -0.39 is 12.0 Å². The lowest BCUT2D eigenvalue weighted by atomic mass is 9.83. The molecule has 0 saturated carbocycles. The minimum Gasteiger partial charge on any atom is -0.461 e. The van der Waals surface area contributed by atoms with Crippen molar-refractivity contribution in [3.8, 4) is 0 Å². The summed E-state index contributed by atoms with van der Waals surface area (Å²) < 4.78 is 16.8. The number of piperidine rings is 3. The molecule has 3 aliphatic rings. The molecule has 9 heteroatoms. The fourth-order valence-corrected chi connectivity index (χ4v) is 5.68. The monoisotopic (exact) mass is 532 g/mol. The summed E-state index contributed by atoms with van der Waals surface area (Å²) >= 11 is 0. The van der Waals surface area contributed by atoms with Gasteiger partial charge in [0.25, 0.3) is 5.78 Å². The Labute approximate surface area is 227 Å². The number of ether oxygens (including phenoxy) is 2. The van der Waals surface area contributed by atoms with Gasteiger partial charge in [-0.05, 0) is 18.1 Å². The molecular weight excluding hydrogens is 498 g/mol. The number of nitrogens with zero attached hydrogens (tertiary/aromatic N) is 2. The van der Waals surface area contributed by atoms with Crippen molar-refractivity contribution in [1.82, 2.24) is 10.5 Å². The standard InChI is InChI=1S/C30H34N3O6/c1-2-37-29(35)24-17-26(39-32-24)25(34)19-33-15-13-22(14-16-33)27(20-33)38-30(36)28(23-11-7-4-8-12-23)31-18-21-9-5-3-6-10-21/h3-12,17,22,27-28,31H,2,13-16,18-20H2,1H3/q+1/t22?,27-,28+,33?/m0/s1. The molecule has 3 saturated heterocycles. The van der Waals surface area contributed by atoms with Crippen LogP contribution in [0.25, 0.3) is 0 Å². The average Bonchev–Trinajstić information content (AvgIpc) is 3.46. The third kappa shape index (κ3) is 6.26. The quantitative estimate of drug-likeness (QED) is 0.226. The summed E-state index contributed by atoms with van der Waals surface area (Å²) in [7, 11) is 0. The Balaban J connectivity index is 1.25. The van der Waals surface area contributed by atoms with Gasteiger partial charge in [-0.15, -0.1) is 0 Å². The average molecular weight is 533 g/mol. The molecule has 1 N–H and O–H groups in total. The molecule has 2 bridgehead atoms. The van der Waals surface area contributed by atoms with E-state index in [-0.39, 0.29) is 48.4 Å². The van der Waals surface area contributed by atoms with Crippen molar-refractivity contribution >= 4 is 17.7 Å². The Morgan fingerprint density at radius 1 is 1.05 bits per heavy atom. The molecule has 204 valence electrons. The summed E-state index contributed by atoms with van der Waals surface area (Å²) in [6.07, 6.45) is 1.48. The molecule has 39 heavy (non-hydrogen) atoms. The van der Waals surface area contributed by atoms with E-state index in [1.54, 1.807) is 6.92 Å². The van der Waals surface area contributed by atoms with Crippen LogP contribution in [-0.4, -0.2) is 66.3 Å². The molecule has 0 amide bonds. The fraction of sp³-hybridized carbons (Fsp3) is 0.400. The molecule has 3 fully saturated rings. The van der Waals surface area contributed by atoms with Gasteiger partial charge in [-0.3, -0.25) is 10.1 Å². The lowest BCUT2D eigenvalue weighted by molar-refractivity contribution is -0.938. The van der Waals surface area contributed by atoms with Crippen LogP contribution >= 0.6 is 0 Å². The van der Waals surface area contributed by atoms with E-state index >= 15 is 0 Å². The maximum atomic E-state index is 13.6. The van der Waals surface area contributed by atoms with Crippen LogP contribution in [0.1, 0.15) is 58.0 Å². The molecule has 0 spiro atoms. The second-order valence-electron chi connectivity index (χ2n) is 10.4. The molecule has 2 atom stereocenters. The first-order chi connectivity index (χ1) is 19.0. The van der Waals surface area contributed by atoms with Crippen molar-refractivity contribution < 1.29 is 32.9 Å². The second kappa shape index (κ2) is 11.9. The van der Waals surface area contributed by atoms with Crippen molar-refractivity contribution in [3.05, 3.63) is 89.3 Å². The predicted molar refractivity (Wildman–Crippen MR) is 142 cm³/mol. The number of ketones is 1. The lowest BCUT2D eigenvalue weighted by Gasteiger charge is -2.51. The lowest BCUT2D eigenvalue weighted by Crippen LogP contribution is -2.65. The number of aromatic nitrogens is 1. The number of nitrogens with one attached hydrogen (secondary N) is 1. The van der Waals surface area contributed by atoms with Crippen LogP contribution in [0.3, 0.4) is 0 Å². The zero-order valence-corrected chi connectivity index (χ0v) is 22.1. The first-order valence-corrected chi connectivity index (χ1v) is 13.5. The van der Waals surface area contributed by atoms with E-state index in [1.807, 2.05) is 60.7 Å². The van der Waals surface area contributed by atoms with Gasteiger partial charge in [-0.25, -0.2) is 9.59 Å². The maximum Gasteiger partial charge on any atom is 0.360 e. The van der Waals surface area contributed by atoms with Gasteiger partial charge in [0.1, 0.15) is 19.1 Å². The Hall–Kier alpha value is -3.82. The zero-order valence-electron chi connectivity index (χ0n) is 22.1. The van der Waals surface area contributed by atoms with Gasteiger partial charge >= 0.3 is 11.9 Å². The van der Waals surface area contributed by atoms with Gasteiger partial charge in [0.05, 0.1) is 19.7 Å². The van der Waals surface area contributed by atoms with Crippen LogP contribution in [0.5, 0.6) is 0 Å². The smallest absolute Gasteiger partial charge is 0.360 e. The van der Waals surface area contributed by atoms with Crippen molar-refractivity contribution in [2.75, 3.05) is 32.8 Å². The van der Waals surface area contributed by atoms with Gasteiger partial charge < -0.3 is 18.5 Å². The van der Waals surface area contributed by atoms with Crippen molar-refractivity contribution in [2.24, 2.45) is 5.92 Å².